The fourth-order valence-electron chi connectivity index (χ4n) is 2.38. The fraction of sp³-hybridized carbons (Fsp3) is 0.909. The van der Waals surface area contributed by atoms with Crippen LogP contribution < -0.4 is 0 Å². The maximum absolute atomic E-state index is 5.80. The highest BCUT2D eigenvalue weighted by Gasteiger charge is 2.27. The Morgan fingerprint density at radius 3 is 2.69 bits per heavy atom. The maximum Gasteiger partial charge on any atom is 0.0607 e. The van der Waals surface area contributed by atoms with E-state index in [0.29, 0.717) is 6.10 Å². The Kier molecular flexibility index (Phi) is 3.23. The summed E-state index contributed by atoms with van der Waals surface area (Å²) in [5.74, 6) is 0.827. The molecule has 0 aliphatic carbocycles. The summed E-state index contributed by atoms with van der Waals surface area (Å²) in [6.07, 6.45) is 7.94. The van der Waals surface area contributed by atoms with Crippen molar-refractivity contribution in [3.63, 3.8) is 0 Å². The van der Waals surface area contributed by atoms with Gasteiger partial charge in [0, 0.05) is 6.61 Å². The molecule has 0 aromatic rings. The minimum absolute atomic E-state index is 0.544. The molecule has 1 unspecified atom stereocenters. The molecule has 2 rings (SSSR count). The molecule has 0 saturated carbocycles. The maximum atomic E-state index is 5.80. The van der Waals surface area contributed by atoms with Crippen LogP contribution in [0.1, 0.15) is 25.7 Å². The highest BCUT2D eigenvalue weighted by molar-refractivity contribution is 4.84. The molecular formula is C11H20NO. The summed E-state index contributed by atoms with van der Waals surface area (Å²) in [5, 5.41) is 0. The summed E-state index contributed by atoms with van der Waals surface area (Å²) in [7, 11) is 2.21. The van der Waals surface area contributed by atoms with E-state index < -0.39 is 0 Å². The molecule has 75 valence electrons. The Bertz CT molecular complexity index is 146. The highest BCUT2D eigenvalue weighted by atomic mass is 16.5. The van der Waals surface area contributed by atoms with Crippen molar-refractivity contribution in [2.24, 2.45) is 5.92 Å². The molecular weight excluding hydrogens is 162 g/mol. The molecule has 13 heavy (non-hydrogen) atoms. The molecule has 1 radical (unpaired) electrons. The molecule has 0 spiro atoms. The molecule has 0 N–H and O–H groups in total. The van der Waals surface area contributed by atoms with Crippen LogP contribution in [0.2, 0.25) is 0 Å². The van der Waals surface area contributed by atoms with E-state index in [0.717, 1.165) is 18.9 Å². The van der Waals surface area contributed by atoms with E-state index in [-0.39, 0.29) is 0 Å². The first-order valence-corrected chi connectivity index (χ1v) is 5.48. The Hall–Kier alpha value is -0.0800. The molecule has 2 fully saturated rings. The molecule has 0 bridgehead atoms. The first-order chi connectivity index (χ1) is 6.36. The van der Waals surface area contributed by atoms with Gasteiger partial charge in [0.15, 0.2) is 0 Å². The van der Waals surface area contributed by atoms with Crippen LogP contribution in [0.25, 0.3) is 0 Å². The van der Waals surface area contributed by atoms with Gasteiger partial charge in [-0.25, -0.2) is 0 Å². The number of rotatable bonds is 1. The third kappa shape index (κ3) is 2.44. The summed E-state index contributed by atoms with van der Waals surface area (Å²) in [4.78, 5) is 2.42. The third-order valence-corrected chi connectivity index (χ3v) is 3.34. The van der Waals surface area contributed by atoms with Crippen molar-refractivity contribution in [1.82, 2.24) is 4.90 Å². The minimum Gasteiger partial charge on any atom is -0.378 e. The van der Waals surface area contributed by atoms with Gasteiger partial charge in [0.1, 0.15) is 0 Å². The molecule has 2 aliphatic rings. The van der Waals surface area contributed by atoms with Gasteiger partial charge in [0.2, 0.25) is 0 Å². The van der Waals surface area contributed by atoms with Gasteiger partial charge in [-0.3, -0.25) is 0 Å². The predicted molar refractivity (Wildman–Crippen MR) is 53.5 cm³/mol. The molecule has 2 heterocycles. The Labute approximate surface area is 81.3 Å². The number of ether oxygens (including phenoxy) is 1. The average Bonchev–Trinajstić information content (AvgIpc) is 2.20. The second kappa shape index (κ2) is 4.43. The highest BCUT2D eigenvalue weighted by Crippen LogP contribution is 2.27. The first-order valence-electron chi connectivity index (χ1n) is 5.48. The molecule has 2 saturated heterocycles. The van der Waals surface area contributed by atoms with Gasteiger partial charge < -0.3 is 9.64 Å². The quantitative estimate of drug-likeness (QED) is 0.612. The van der Waals surface area contributed by atoms with E-state index in [1.54, 1.807) is 0 Å². The van der Waals surface area contributed by atoms with E-state index in [1.807, 2.05) is 0 Å². The summed E-state index contributed by atoms with van der Waals surface area (Å²) >= 11 is 0. The zero-order valence-electron chi connectivity index (χ0n) is 8.54. The molecule has 0 amide bonds. The van der Waals surface area contributed by atoms with Gasteiger partial charge in [0.25, 0.3) is 0 Å². The summed E-state index contributed by atoms with van der Waals surface area (Å²) < 4.78 is 5.80. The van der Waals surface area contributed by atoms with Crippen LogP contribution in [-0.2, 0) is 4.74 Å². The van der Waals surface area contributed by atoms with E-state index in [4.69, 9.17) is 4.74 Å². The van der Waals surface area contributed by atoms with Crippen LogP contribution in [0.4, 0.5) is 0 Å². The second-order valence-electron chi connectivity index (χ2n) is 4.36. The van der Waals surface area contributed by atoms with Gasteiger partial charge in [-0.15, -0.1) is 0 Å². The second-order valence-corrected chi connectivity index (χ2v) is 4.36. The molecule has 0 aromatic carbocycles. The van der Waals surface area contributed by atoms with Crippen molar-refractivity contribution in [3.8, 4) is 0 Å². The van der Waals surface area contributed by atoms with Crippen molar-refractivity contribution in [2.45, 2.75) is 31.8 Å². The Balaban J connectivity index is 1.79. The van der Waals surface area contributed by atoms with E-state index >= 15 is 0 Å². The van der Waals surface area contributed by atoms with Crippen molar-refractivity contribution in [3.05, 3.63) is 6.42 Å². The van der Waals surface area contributed by atoms with Crippen molar-refractivity contribution < 1.29 is 4.74 Å². The number of hydrogen-bond donors (Lipinski definition) is 0. The van der Waals surface area contributed by atoms with Gasteiger partial charge >= 0.3 is 0 Å². The largest absolute Gasteiger partial charge is 0.378 e. The van der Waals surface area contributed by atoms with Crippen LogP contribution in [0.3, 0.4) is 0 Å². The molecule has 1 atom stereocenters. The zero-order chi connectivity index (χ0) is 9.10. The van der Waals surface area contributed by atoms with E-state index in [9.17, 15) is 0 Å². The van der Waals surface area contributed by atoms with Crippen LogP contribution in [-0.4, -0.2) is 37.7 Å². The zero-order valence-corrected chi connectivity index (χ0v) is 8.54. The van der Waals surface area contributed by atoms with Crippen LogP contribution >= 0.6 is 0 Å². The van der Waals surface area contributed by atoms with Gasteiger partial charge in [-0.2, -0.15) is 0 Å². The monoisotopic (exact) mass is 182 g/mol. The SMILES string of the molecule is CN1CCC(C2C[CH]CCO2)CC1. The lowest BCUT2D eigenvalue weighted by Crippen LogP contribution is -2.37. The normalized spacial score (nSPS) is 33.5. The summed E-state index contributed by atoms with van der Waals surface area (Å²) in [6.45, 7) is 3.46. The molecule has 0 aromatic heterocycles. The lowest BCUT2D eigenvalue weighted by atomic mass is 9.88. The van der Waals surface area contributed by atoms with Gasteiger partial charge in [-0.05, 0) is 58.2 Å². The van der Waals surface area contributed by atoms with E-state index in [1.165, 1.54) is 32.4 Å². The molecule has 2 aliphatic heterocycles. The number of nitrogens with zero attached hydrogens (tertiary/aromatic N) is 1. The third-order valence-electron chi connectivity index (χ3n) is 3.34. The number of piperidine rings is 1. The summed E-state index contributed by atoms with van der Waals surface area (Å²) in [5.41, 5.74) is 0. The summed E-state index contributed by atoms with van der Waals surface area (Å²) in [6, 6.07) is 0. The Morgan fingerprint density at radius 2 is 2.08 bits per heavy atom. The van der Waals surface area contributed by atoms with Gasteiger partial charge in [-0.1, -0.05) is 0 Å². The topological polar surface area (TPSA) is 12.5 Å². The van der Waals surface area contributed by atoms with E-state index in [2.05, 4.69) is 18.4 Å². The Morgan fingerprint density at radius 1 is 1.31 bits per heavy atom. The van der Waals surface area contributed by atoms with Crippen molar-refractivity contribution >= 4 is 0 Å². The van der Waals surface area contributed by atoms with Crippen LogP contribution in [0, 0.1) is 12.3 Å². The number of likely N-dealkylation sites (tertiary alicyclic amines) is 1. The van der Waals surface area contributed by atoms with Gasteiger partial charge in [0.05, 0.1) is 6.10 Å². The fourth-order valence-corrected chi connectivity index (χ4v) is 2.38. The predicted octanol–water partition coefficient (Wildman–Crippen LogP) is 1.71. The first kappa shape index (κ1) is 9.47. The lowest BCUT2D eigenvalue weighted by Gasteiger charge is -2.35. The lowest BCUT2D eigenvalue weighted by molar-refractivity contribution is -0.0219. The smallest absolute Gasteiger partial charge is 0.0607 e. The van der Waals surface area contributed by atoms with Crippen LogP contribution in [0.15, 0.2) is 0 Å². The van der Waals surface area contributed by atoms with Crippen LogP contribution in [0.5, 0.6) is 0 Å². The average molecular weight is 182 g/mol. The molecule has 2 nitrogen and oxygen atoms in total. The van der Waals surface area contributed by atoms with Crippen molar-refractivity contribution in [1.29, 1.82) is 0 Å². The number of hydrogen-bond acceptors (Lipinski definition) is 2. The minimum atomic E-state index is 0.544. The molecule has 2 heteroatoms. The standard InChI is InChI=1S/C11H20NO/c1-12-7-5-10(6-8-12)11-4-2-3-9-13-11/h2,10-11H,3-9H2,1H3. The van der Waals surface area contributed by atoms with Crippen molar-refractivity contribution in [2.75, 3.05) is 26.7 Å².